The van der Waals surface area contributed by atoms with Crippen LogP contribution in [0.15, 0.2) is 24.7 Å². The highest BCUT2D eigenvalue weighted by molar-refractivity contribution is 6.30. The summed E-state index contributed by atoms with van der Waals surface area (Å²) in [5, 5.41) is 10.8. The molecule has 3 rings (SSSR count). The minimum atomic E-state index is -0.317. The minimum absolute atomic E-state index is 0.250. The number of hydrogen-bond donors (Lipinski definition) is 2. The first-order chi connectivity index (χ1) is 11.9. The van der Waals surface area contributed by atoms with Crippen molar-refractivity contribution in [2.24, 2.45) is 0 Å². The third kappa shape index (κ3) is 4.42. The number of nitrogens with one attached hydrogen (secondary N) is 1. The van der Waals surface area contributed by atoms with Crippen molar-refractivity contribution in [1.29, 1.82) is 0 Å². The third-order valence-electron chi connectivity index (χ3n) is 4.41. The molecule has 0 radical (unpaired) electrons. The van der Waals surface area contributed by atoms with Crippen molar-refractivity contribution in [3.63, 3.8) is 0 Å². The van der Waals surface area contributed by atoms with Crippen molar-refractivity contribution in [1.82, 2.24) is 19.9 Å². The zero-order valence-corrected chi connectivity index (χ0v) is 15.6. The van der Waals surface area contributed by atoms with Gasteiger partial charge >= 0.3 is 0 Å². The molecule has 1 aliphatic rings. The number of H-pyrrole nitrogens is 1. The Kier molecular flexibility index (Phi) is 5.46. The summed E-state index contributed by atoms with van der Waals surface area (Å²) < 4.78 is 0. The molecule has 0 aromatic carbocycles. The topological polar surface area (TPSA) is 71.5 Å². The molecule has 25 heavy (non-hydrogen) atoms. The number of likely N-dealkylation sites (N-methyl/N-ethyl adjacent to an activating group) is 1. The molecule has 136 valence electrons. The van der Waals surface area contributed by atoms with E-state index in [1.807, 2.05) is 38.2 Å². The van der Waals surface area contributed by atoms with Gasteiger partial charge in [0.2, 0.25) is 0 Å². The number of aromatic amines is 1. The van der Waals surface area contributed by atoms with Gasteiger partial charge in [-0.1, -0.05) is 11.6 Å². The van der Waals surface area contributed by atoms with Gasteiger partial charge in [-0.3, -0.25) is 0 Å². The fraction of sp³-hybridized carbons (Fsp3) is 0.529. The van der Waals surface area contributed by atoms with Crippen molar-refractivity contribution in [2.75, 3.05) is 44.0 Å². The molecule has 0 aliphatic carbocycles. The van der Waals surface area contributed by atoms with Crippen LogP contribution in [0.25, 0.3) is 0 Å². The van der Waals surface area contributed by atoms with Gasteiger partial charge in [-0.2, -0.15) is 0 Å². The number of hydrogen-bond acceptors (Lipinski definition) is 6. The van der Waals surface area contributed by atoms with Gasteiger partial charge in [0.25, 0.3) is 0 Å². The number of rotatable bonds is 6. The molecule has 0 bridgehead atoms. The Balaban J connectivity index is 1.76. The summed E-state index contributed by atoms with van der Waals surface area (Å²) in [6.07, 6.45) is 3.80. The smallest absolute Gasteiger partial charge is 0.134 e. The Morgan fingerprint density at radius 2 is 2.12 bits per heavy atom. The van der Waals surface area contributed by atoms with Crippen molar-refractivity contribution in [3.05, 3.63) is 35.4 Å². The average Bonchev–Trinajstić information content (AvgIpc) is 3.12. The number of aliphatic hydroxyl groups excluding tert-OH is 1. The van der Waals surface area contributed by atoms with E-state index in [1.165, 1.54) is 0 Å². The second-order valence-electron chi connectivity index (χ2n) is 6.89. The molecule has 2 atom stereocenters. The van der Waals surface area contributed by atoms with Crippen LogP contribution < -0.4 is 9.80 Å². The second kappa shape index (κ2) is 7.59. The summed E-state index contributed by atoms with van der Waals surface area (Å²) in [4.78, 5) is 18.3. The summed E-state index contributed by atoms with van der Waals surface area (Å²) in [6.45, 7) is 2.16. The monoisotopic (exact) mass is 364 g/mol. The standard InChI is InChI=1S/C17H25ClN6O/c1-22(2)9-14-5-15(25)10-24(14)17-6-16(20-11-21-17)23(3)8-13-4-12(18)7-19-13/h4,6-7,11,14-15,19,25H,5,8-10H2,1-3H3/t14-,15-/m1/s1. The van der Waals surface area contributed by atoms with Gasteiger partial charge in [0.05, 0.1) is 17.7 Å². The molecule has 2 aromatic heterocycles. The molecule has 1 saturated heterocycles. The van der Waals surface area contributed by atoms with Crippen LogP contribution in [0.2, 0.25) is 5.02 Å². The van der Waals surface area contributed by atoms with Crippen molar-refractivity contribution in [3.8, 4) is 0 Å². The molecule has 1 aliphatic heterocycles. The molecular formula is C17H25ClN6O. The van der Waals surface area contributed by atoms with Crippen LogP contribution in [-0.4, -0.2) is 71.3 Å². The lowest BCUT2D eigenvalue weighted by atomic mass is 10.2. The maximum absolute atomic E-state index is 10.1. The first-order valence-electron chi connectivity index (χ1n) is 8.38. The van der Waals surface area contributed by atoms with Crippen molar-refractivity contribution >= 4 is 23.2 Å². The number of β-amino-alcohol motifs (C(OH)–C–C–N with tert-alkyl or cyclic N) is 1. The lowest BCUT2D eigenvalue weighted by Crippen LogP contribution is -2.38. The van der Waals surface area contributed by atoms with Crippen LogP contribution in [0, 0.1) is 0 Å². The fourth-order valence-electron chi connectivity index (χ4n) is 3.31. The Morgan fingerprint density at radius 3 is 2.80 bits per heavy atom. The number of aliphatic hydroxyl groups is 1. The fourth-order valence-corrected chi connectivity index (χ4v) is 3.50. The molecule has 1 fully saturated rings. The van der Waals surface area contributed by atoms with Crippen molar-refractivity contribution in [2.45, 2.75) is 25.1 Å². The van der Waals surface area contributed by atoms with E-state index in [-0.39, 0.29) is 12.1 Å². The summed E-state index contributed by atoms with van der Waals surface area (Å²) in [7, 11) is 6.07. The molecule has 0 unspecified atom stereocenters. The number of anilines is 2. The minimum Gasteiger partial charge on any atom is -0.391 e. The van der Waals surface area contributed by atoms with Gasteiger partial charge in [0.1, 0.15) is 18.0 Å². The highest BCUT2D eigenvalue weighted by Crippen LogP contribution is 2.26. The molecule has 0 saturated carbocycles. The van der Waals surface area contributed by atoms with Crippen LogP contribution in [0.3, 0.4) is 0 Å². The largest absolute Gasteiger partial charge is 0.391 e. The van der Waals surface area contributed by atoms with Gasteiger partial charge in [-0.25, -0.2) is 9.97 Å². The zero-order chi connectivity index (χ0) is 18.0. The SMILES string of the molecule is CN(C)C[C@H]1C[C@@H](O)CN1c1cc(N(C)Cc2cc(Cl)c[nH]2)ncn1. The molecule has 3 heterocycles. The van der Waals surface area contributed by atoms with E-state index in [0.29, 0.717) is 18.1 Å². The third-order valence-corrected chi connectivity index (χ3v) is 4.63. The predicted octanol–water partition coefficient (Wildman–Crippen LogP) is 1.60. The average molecular weight is 365 g/mol. The lowest BCUT2D eigenvalue weighted by Gasteiger charge is -2.28. The molecule has 8 heteroatoms. The highest BCUT2D eigenvalue weighted by atomic mass is 35.5. The van der Waals surface area contributed by atoms with E-state index in [2.05, 4.69) is 24.8 Å². The van der Waals surface area contributed by atoms with Crippen LogP contribution in [-0.2, 0) is 6.54 Å². The molecule has 0 amide bonds. The molecule has 2 N–H and O–H groups in total. The van der Waals surface area contributed by atoms with Gasteiger partial charge in [0.15, 0.2) is 0 Å². The summed E-state index contributed by atoms with van der Waals surface area (Å²) in [5.41, 5.74) is 1.02. The van der Waals surface area contributed by atoms with Gasteiger partial charge in [-0.05, 0) is 26.6 Å². The summed E-state index contributed by atoms with van der Waals surface area (Å²) >= 11 is 5.96. The second-order valence-corrected chi connectivity index (χ2v) is 7.33. The van der Waals surface area contributed by atoms with Crippen LogP contribution in [0.5, 0.6) is 0 Å². The quantitative estimate of drug-likeness (QED) is 0.811. The molecule has 2 aromatic rings. The first-order valence-corrected chi connectivity index (χ1v) is 8.75. The molecule has 0 spiro atoms. The first kappa shape index (κ1) is 18.0. The van der Waals surface area contributed by atoms with Crippen LogP contribution in [0.1, 0.15) is 12.1 Å². The normalized spacial score (nSPS) is 20.5. The van der Waals surface area contributed by atoms with E-state index in [9.17, 15) is 5.11 Å². The lowest BCUT2D eigenvalue weighted by molar-refractivity contribution is 0.191. The highest BCUT2D eigenvalue weighted by Gasteiger charge is 2.32. The molecular weight excluding hydrogens is 340 g/mol. The van der Waals surface area contributed by atoms with E-state index in [0.717, 1.165) is 30.3 Å². The van der Waals surface area contributed by atoms with Crippen LogP contribution in [0.4, 0.5) is 11.6 Å². The molecule has 7 nitrogen and oxygen atoms in total. The predicted molar refractivity (Wildman–Crippen MR) is 100 cm³/mol. The van der Waals surface area contributed by atoms with Crippen LogP contribution >= 0.6 is 11.6 Å². The number of nitrogens with zero attached hydrogens (tertiary/aromatic N) is 5. The van der Waals surface area contributed by atoms with E-state index in [1.54, 1.807) is 12.5 Å². The van der Waals surface area contributed by atoms with Crippen molar-refractivity contribution < 1.29 is 5.11 Å². The maximum Gasteiger partial charge on any atom is 0.134 e. The Labute approximate surface area is 153 Å². The van der Waals surface area contributed by atoms with E-state index in [4.69, 9.17) is 11.6 Å². The Hall–Kier alpha value is -1.83. The number of halogens is 1. The van der Waals surface area contributed by atoms with Gasteiger partial charge in [0, 0.05) is 44.1 Å². The zero-order valence-electron chi connectivity index (χ0n) is 14.9. The maximum atomic E-state index is 10.1. The summed E-state index contributed by atoms with van der Waals surface area (Å²) in [6, 6.07) is 4.13. The Bertz CT molecular complexity index is 706. The summed E-state index contributed by atoms with van der Waals surface area (Å²) in [5.74, 6) is 1.69. The van der Waals surface area contributed by atoms with Gasteiger partial charge in [-0.15, -0.1) is 0 Å². The van der Waals surface area contributed by atoms with E-state index >= 15 is 0 Å². The van der Waals surface area contributed by atoms with Gasteiger partial charge < -0.3 is 24.8 Å². The Morgan fingerprint density at radius 1 is 1.32 bits per heavy atom. The van der Waals surface area contributed by atoms with E-state index < -0.39 is 0 Å². The number of aromatic nitrogens is 3.